The van der Waals surface area contributed by atoms with Gasteiger partial charge in [0.2, 0.25) is 0 Å². The molecule has 0 amide bonds. The van der Waals surface area contributed by atoms with Gasteiger partial charge in [0.25, 0.3) is 0 Å². The quantitative estimate of drug-likeness (QED) is 0.803. The molecule has 20 heavy (non-hydrogen) atoms. The van der Waals surface area contributed by atoms with Gasteiger partial charge in [-0.05, 0) is 44.7 Å². The molecule has 0 aliphatic heterocycles. The maximum absolute atomic E-state index is 6.00. The monoisotopic (exact) mass is 292 g/mol. The molecule has 0 radical (unpaired) electrons. The summed E-state index contributed by atoms with van der Waals surface area (Å²) < 4.78 is 0. The van der Waals surface area contributed by atoms with Crippen LogP contribution >= 0.6 is 11.6 Å². The van der Waals surface area contributed by atoms with E-state index in [1.807, 2.05) is 44.6 Å². The minimum Gasteiger partial charge on any atom is -0.382 e. The van der Waals surface area contributed by atoms with Gasteiger partial charge < -0.3 is 5.32 Å². The Kier molecular flexibility index (Phi) is 5.17. The Labute approximate surface area is 125 Å². The summed E-state index contributed by atoms with van der Waals surface area (Å²) in [6.45, 7) is 3.17. The first-order chi connectivity index (χ1) is 9.60. The zero-order chi connectivity index (χ0) is 14.5. The molecule has 0 saturated carbocycles. The fraction of sp³-hybridized carbons (Fsp3) is 0.400. The molecule has 1 aromatic heterocycles. The van der Waals surface area contributed by atoms with E-state index in [9.17, 15) is 0 Å². The lowest BCUT2D eigenvalue weighted by Gasteiger charge is -2.20. The van der Waals surface area contributed by atoms with Gasteiger partial charge >= 0.3 is 0 Å². The number of fused-ring (bicyclic) bond motifs is 1. The highest BCUT2D eigenvalue weighted by atomic mass is 35.5. The van der Waals surface area contributed by atoms with Gasteiger partial charge in [0.1, 0.15) is 0 Å². The molecule has 0 bridgehead atoms. The van der Waals surface area contributed by atoms with Gasteiger partial charge in [-0.3, -0.25) is 10.4 Å². The van der Waals surface area contributed by atoms with Crippen molar-refractivity contribution in [2.75, 3.05) is 26.0 Å². The Morgan fingerprint density at radius 2 is 2.15 bits per heavy atom. The van der Waals surface area contributed by atoms with Crippen LogP contribution in [0.3, 0.4) is 0 Å². The summed E-state index contributed by atoms with van der Waals surface area (Å²) in [5.41, 5.74) is 5.12. The van der Waals surface area contributed by atoms with Crippen molar-refractivity contribution in [1.82, 2.24) is 15.4 Å². The van der Waals surface area contributed by atoms with Crippen LogP contribution in [0.5, 0.6) is 0 Å². The molecule has 1 atom stereocenters. The van der Waals surface area contributed by atoms with Crippen molar-refractivity contribution < 1.29 is 0 Å². The molecule has 1 aromatic carbocycles. The molecule has 0 spiro atoms. The van der Waals surface area contributed by atoms with E-state index in [0.717, 1.165) is 29.6 Å². The van der Waals surface area contributed by atoms with Crippen LogP contribution in [0.4, 0.5) is 5.69 Å². The number of nitrogens with one attached hydrogen (secondary N) is 2. The first kappa shape index (κ1) is 15.0. The number of nitrogens with zero attached hydrogens (tertiary/aromatic N) is 2. The average Bonchev–Trinajstić information content (AvgIpc) is 2.44. The third-order valence-electron chi connectivity index (χ3n) is 3.39. The van der Waals surface area contributed by atoms with E-state index in [0.29, 0.717) is 11.1 Å². The topological polar surface area (TPSA) is 40.2 Å². The zero-order valence-corrected chi connectivity index (χ0v) is 12.9. The van der Waals surface area contributed by atoms with E-state index < -0.39 is 0 Å². The molecule has 1 heterocycles. The predicted molar refractivity (Wildman–Crippen MR) is 86.1 cm³/mol. The second-order valence-electron chi connectivity index (χ2n) is 5.00. The third kappa shape index (κ3) is 3.82. The standard InChI is InChI=1S/C15H21ClN4/c1-11(7-9-20(3)17-2)19-14-6-8-18-15-10-12(16)4-5-13(14)15/h4-6,8,10-11,17H,7,9H2,1-3H3,(H,18,19)/t11-/m0/s1. The van der Waals surface area contributed by atoms with Crippen LogP contribution in [0.2, 0.25) is 5.02 Å². The second-order valence-corrected chi connectivity index (χ2v) is 5.44. The number of hydrogen-bond acceptors (Lipinski definition) is 4. The summed E-state index contributed by atoms with van der Waals surface area (Å²) in [6, 6.07) is 8.19. The summed E-state index contributed by atoms with van der Waals surface area (Å²) in [5, 5.41) is 7.43. The Morgan fingerprint density at radius 3 is 2.90 bits per heavy atom. The van der Waals surface area contributed by atoms with Gasteiger partial charge in [-0.25, -0.2) is 5.01 Å². The number of rotatable bonds is 6. The number of anilines is 1. The number of hydrogen-bond donors (Lipinski definition) is 2. The average molecular weight is 293 g/mol. The fourth-order valence-corrected chi connectivity index (χ4v) is 2.25. The minimum absolute atomic E-state index is 0.382. The predicted octanol–water partition coefficient (Wildman–Crippen LogP) is 3.14. The highest BCUT2D eigenvalue weighted by molar-refractivity contribution is 6.31. The highest BCUT2D eigenvalue weighted by Crippen LogP contribution is 2.25. The Balaban J connectivity index is 2.09. The molecule has 0 unspecified atom stereocenters. The largest absolute Gasteiger partial charge is 0.382 e. The molecule has 0 saturated heterocycles. The zero-order valence-electron chi connectivity index (χ0n) is 12.2. The Morgan fingerprint density at radius 1 is 1.35 bits per heavy atom. The van der Waals surface area contributed by atoms with E-state index in [1.165, 1.54) is 0 Å². The van der Waals surface area contributed by atoms with Crippen molar-refractivity contribution in [3.63, 3.8) is 0 Å². The van der Waals surface area contributed by atoms with Crippen molar-refractivity contribution >= 4 is 28.2 Å². The van der Waals surface area contributed by atoms with Crippen LogP contribution < -0.4 is 10.7 Å². The van der Waals surface area contributed by atoms with Crippen LogP contribution in [0.1, 0.15) is 13.3 Å². The first-order valence-electron chi connectivity index (χ1n) is 6.79. The minimum atomic E-state index is 0.382. The molecule has 108 valence electrons. The summed E-state index contributed by atoms with van der Waals surface area (Å²) in [7, 11) is 3.97. The SMILES string of the molecule is CNN(C)CC[C@H](C)Nc1ccnc2cc(Cl)ccc12. The van der Waals surface area contributed by atoms with Crippen LogP contribution in [-0.4, -0.2) is 36.7 Å². The van der Waals surface area contributed by atoms with Gasteiger partial charge in [-0.1, -0.05) is 11.6 Å². The summed E-state index contributed by atoms with van der Waals surface area (Å²) in [5.74, 6) is 0. The number of aromatic nitrogens is 1. The molecule has 2 rings (SSSR count). The van der Waals surface area contributed by atoms with Crippen LogP contribution in [0, 0.1) is 0 Å². The van der Waals surface area contributed by atoms with Crippen LogP contribution in [-0.2, 0) is 0 Å². The third-order valence-corrected chi connectivity index (χ3v) is 3.62. The summed E-state index contributed by atoms with van der Waals surface area (Å²) in [4.78, 5) is 4.35. The first-order valence-corrected chi connectivity index (χ1v) is 7.17. The molecule has 2 aromatic rings. The number of benzene rings is 1. The maximum Gasteiger partial charge on any atom is 0.0737 e. The van der Waals surface area contributed by atoms with Crippen LogP contribution in [0.25, 0.3) is 10.9 Å². The van der Waals surface area contributed by atoms with Crippen molar-refractivity contribution in [3.05, 3.63) is 35.5 Å². The van der Waals surface area contributed by atoms with E-state index in [1.54, 1.807) is 0 Å². The lowest BCUT2D eigenvalue weighted by Crippen LogP contribution is -2.34. The fourth-order valence-electron chi connectivity index (χ4n) is 2.08. The molecule has 5 heteroatoms. The Bertz CT molecular complexity index is 573. The lowest BCUT2D eigenvalue weighted by molar-refractivity contribution is 0.253. The number of halogens is 1. The number of pyridine rings is 1. The van der Waals surface area contributed by atoms with Crippen molar-refractivity contribution in [2.45, 2.75) is 19.4 Å². The lowest BCUT2D eigenvalue weighted by atomic mass is 10.1. The van der Waals surface area contributed by atoms with Gasteiger partial charge in [-0.15, -0.1) is 0 Å². The molecular formula is C15H21ClN4. The molecule has 0 aliphatic carbocycles. The molecule has 4 nitrogen and oxygen atoms in total. The summed E-state index contributed by atoms with van der Waals surface area (Å²) >= 11 is 6.00. The normalized spacial score (nSPS) is 12.8. The number of hydrazine groups is 1. The molecule has 0 fully saturated rings. The molecule has 2 N–H and O–H groups in total. The van der Waals surface area contributed by atoms with Gasteiger partial charge in [-0.2, -0.15) is 0 Å². The van der Waals surface area contributed by atoms with Gasteiger partial charge in [0, 0.05) is 41.9 Å². The van der Waals surface area contributed by atoms with Crippen molar-refractivity contribution in [1.29, 1.82) is 0 Å². The summed E-state index contributed by atoms with van der Waals surface area (Å²) in [6.07, 6.45) is 2.86. The van der Waals surface area contributed by atoms with E-state index in [-0.39, 0.29) is 0 Å². The van der Waals surface area contributed by atoms with Gasteiger partial charge in [0.15, 0.2) is 0 Å². The van der Waals surface area contributed by atoms with Crippen molar-refractivity contribution in [3.8, 4) is 0 Å². The Hall–Kier alpha value is -1.36. The van der Waals surface area contributed by atoms with Crippen LogP contribution in [0.15, 0.2) is 30.5 Å². The smallest absolute Gasteiger partial charge is 0.0737 e. The highest BCUT2D eigenvalue weighted by Gasteiger charge is 2.07. The van der Waals surface area contributed by atoms with Crippen molar-refractivity contribution in [2.24, 2.45) is 0 Å². The molecular weight excluding hydrogens is 272 g/mol. The van der Waals surface area contributed by atoms with E-state index in [4.69, 9.17) is 11.6 Å². The van der Waals surface area contributed by atoms with E-state index >= 15 is 0 Å². The maximum atomic E-state index is 6.00. The second kappa shape index (κ2) is 6.88. The molecule has 0 aliphatic rings. The van der Waals surface area contributed by atoms with E-state index in [2.05, 4.69) is 27.7 Å². The van der Waals surface area contributed by atoms with Gasteiger partial charge in [0.05, 0.1) is 5.52 Å².